The third kappa shape index (κ3) is 3.39. The Morgan fingerprint density at radius 3 is 2.76 bits per heavy atom. The lowest BCUT2D eigenvalue weighted by molar-refractivity contribution is 0.109. The Bertz CT molecular complexity index is 234. The van der Waals surface area contributed by atoms with Gasteiger partial charge in [-0.2, -0.15) is 11.8 Å². The highest BCUT2D eigenvalue weighted by atomic mass is 32.2. The first-order valence-corrected chi connectivity index (χ1v) is 8.32. The third-order valence-corrected chi connectivity index (χ3v) is 5.82. The molecule has 2 aliphatic rings. The SMILES string of the molecule is CCSC1CCC(N2CCC(NC)C(C)C2)C1. The molecule has 0 amide bonds. The van der Waals surface area contributed by atoms with Crippen molar-refractivity contribution in [2.45, 2.75) is 56.9 Å². The lowest BCUT2D eigenvalue weighted by Crippen LogP contribution is -2.50. The molecule has 1 N–H and O–H groups in total. The van der Waals surface area contributed by atoms with E-state index in [2.05, 4.69) is 42.9 Å². The summed E-state index contributed by atoms with van der Waals surface area (Å²) in [7, 11) is 2.11. The Kier molecular flexibility index (Phi) is 5.19. The van der Waals surface area contributed by atoms with Gasteiger partial charge in [0.15, 0.2) is 0 Å². The molecule has 4 unspecified atom stereocenters. The molecule has 0 aromatic carbocycles. The largest absolute Gasteiger partial charge is 0.317 e. The van der Waals surface area contributed by atoms with Crippen molar-refractivity contribution in [2.75, 3.05) is 25.9 Å². The number of nitrogens with zero attached hydrogens (tertiary/aromatic N) is 1. The van der Waals surface area contributed by atoms with Crippen LogP contribution in [0.2, 0.25) is 0 Å². The molecule has 1 aliphatic carbocycles. The van der Waals surface area contributed by atoms with Gasteiger partial charge < -0.3 is 5.32 Å². The van der Waals surface area contributed by atoms with Crippen molar-refractivity contribution in [1.82, 2.24) is 10.2 Å². The predicted molar refractivity (Wildman–Crippen MR) is 77.8 cm³/mol. The number of rotatable bonds is 4. The summed E-state index contributed by atoms with van der Waals surface area (Å²) in [6.07, 6.45) is 5.66. The summed E-state index contributed by atoms with van der Waals surface area (Å²) < 4.78 is 0. The maximum Gasteiger partial charge on any atom is 0.0114 e. The Balaban J connectivity index is 1.80. The first kappa shape index (κ1) is 13.7. The first-order chi connectivity index (χ1) is 8.24. The fourth-order valence-electron chi connectivity index (χ4n) is 3.57. The van der Waals surface area contributed by atoms with Gasteiger partial charge in [-0.15, -0.1) is 0 Å². The van der Waals surface area contributed by atoms with Crippen molar-refractivity contribution in [3.8, 4) is 0 Å². The Morgan fingerprint density at radius 2 is 2.12 bits per heavy atom. The molecule has 2 nitrogen and oxygen atoms in total. The van der Waals surface area contributed by atoms with Gasteiger partial charge >= 0.3 is 0 Å². The van der Waals surface area contributed by atoms with Gasteiger partial charge in [0.1, 0.15) is 0 Å². The summed E-state index contributed by atoms with van der Waals surface area (Å²) in [4.78, 5) is 2.77. The number of hydrogen-bond acceptors (Lipinski definition) is 3. The second-order valence-corrected chi connectivity index (χ2v) is 7.28. The van der Waals surface area contributed by atoms with Crippen molar-refractivity contribution in [1.29, 1.82) is 0 Å². The number of nitrogens with one attached hydrogen (secondary N) is 1. The second kappa shape index (κ2) is 6.44. The van der Waals surface area contributed by atoms with Gasteiger partial charge in [-0.05, 0) is 50.9 Å². The van der Waals surface area contributed by atoms with Crippen molar-refractivity contribution in [3.05, 3.63) is 0 Å². The van der Waals surface area contributed by atoms with Crippen LogP contribution in [-0.2, 0) is 0 Å². The Morgan fingerprint density at radius 1 is 1.29 bits per heavy atom. The zero-order valence-electron chi connectivity index (χ0n) is 11.6. The summed E-state index contributed by atoms with van der Waals surface area (Å²) >= 11 is 2.17. The quantitative estimate of drug-likeness (QED) is 0.832. The molecule has 0 spiro atoms. The Labute approximate surface area is 111 Å². The summed E-state index contributed by atoms with van der Waals surface area (Å²) in [5, 5.41) is 4.41. The standard InChI is InChI=1S/C14H28N2S/c1-4-17-13-6-5-12(9-13)16-8-7-14(15-3)11(2)10-16/h11-15H,4-10H2,1-3H3. The van der Waals surface area contributed by atoms with E-state index < -0.39 is 0 Å². The first-order valence-electron chi connectivity index (χ1n) is 7.27. The van der Waals surface area contributed by atoms with Gasteiger partial charge in [0.05, 0.1) is 0 Å². The highest BCUT2D eigenvalue weighted by molar-refractivity contribution is 7.99. The molecule has 0 aromatic rings. The zero-order chi connectivity index (χ0) is 12.3. The van der Waals surface area contributed by atoms with Crippen LogP contribution in [0.25, 0.3) is 0 Å². The molecule has 3 heteroatoms. The fraction of sp³-hybridized carbons (Fsp3) is 1.00. The number of piperidine rings is 1. The topological polar surface area (TPSA) is 15.3 Å². The van der Waals surface area contributed by atoms with Crippen LogP contribution < -0.4 is 5.32 Å². The van der Waals surface area contributed by atoms with E-state index in [1.165, 1.54) is 44.5 Å². The van der Waals surface area contributed by atoms with Crippen LogP contribution in [-0.4, -0.2) is 48.1 Å². The van der Waals surface area contributed by atoms with Crippen LogP contribution in [0.15, 0.2) is 0 Å². The molecule has 4 atom stereocenters. The van der Waals surface area contributed by atoms with Gasteiger partial charge in [0.2, 0.25) is 0 Å². The number of likely N-dealkylation sites (tertiary alicyclic amines) is 1. The lowest BCUT2D eigenvalue weighted by atomic mass is 9.93. The van der Waals surface area contributed by atoms with Crippen LogP contribution in [0.3, 0.4) is 0 Å². The summed E-state index contributed by atoms with van der Waals surface area (Å²) in [6, 6.07) is 1.63. The molecule has 100 valence electrons. The van der Waals surface area contributed by atoms with E-state index in [0.717, 1.165) is 23.3 Å². The molecule has 2 rings (SSSR count). The average molecular weight is 256 g/mol. The monoisotopic (exact) mass is 256 g/mol. The minimum Gasteiger partial charge on any atom is -0.317 e. The summed E-state index contributed by atoms with van der Waals surface area (Å²) in [6.45, 7) is 7.31. The highest BCUT2D eigenvalue weighted by Crippen LogP contribution is 2.34. The molecule has 1 saturated heterocycles. The molecule has 1 saturated carbocycles. The van der Waals surface area contributed by atoms with E-state index in [-0.39, 0.29) is 0 Å². The van der Waals surface area contributed by atoms with Crippen molar-refractivity contribution >= 4 is 11.8 Å². The van der Waals surface area contributed by atoms with Gasteiger partial charge in [-0.1, -0.05) is 13.8 Å². The van der Waals surface area contributed by atoms with E-state index in [4.69, 9.17) is 0 Å². The minimum atomic E-state index is 0.744. The molecule has 0 aromatic heterocycles. The van der Waals surface area contributed by atoms with Crippen molar-refractivity contribution in [3.63, 3.8) is 0 Å². The smallest absolute Gasteiger partial charge is 0.0114 e. The van der Waals surface area contributed by atoms with Crippen LogP contribution in [0.1, 0.15) is 39.5 Å². The molecular weight excluding hydrogens is 228 g/mol. The van der Waals surface area contributed by atoms with E-state index in [0.29, 0.717) is 0 Å². The van der Waals surface area contributed by atoms with Crippen LogP contribution in [0, 0.1) is 5.92 Å². The lowest BCUT2D eigenvalue weighted by Gasteiger charge is -2.40. The molecule has 0 radical (unpaired) electrons. The Hall–Kier alpha value is 0.270. The van der Waals surface area contributed by atoms with Crippen LogP contribution >= 0.6 is 11.8 Å². The molecule has 0 bridgehead atoms. The van der Waals surface area contributed by atoms with E-state index >= 15 is 0 Å². The minimum absolute atomic E-state index is 0.744. The van der Waals surface area contributed by atoms with Gasteiger partial charge in [-0.3, -0.25) is 4.90 Å². The number of thioether (sulfide) groups is 1. The molecule has 1 aliphatic heterocycles. The average Bonchev–Trinajstić information content (AvgIpc) is 2.78. The normalized spacial score (nSPS) is 39.7. The van der Waals surface area contributed by atoms with Crippen LogP contribution in [0.5, 0.6) is 0 Å². The van der Waals surface area contributed by atoms with Gasteiger partial charge in [-0.25, -0.2) is 0 Å². The maximum absolute atomic E-state index is 3.46. The van der Waals surface area contributed by atoms with E-state index in [9.17, 15) is 0 Å². The number of hydrogen-bond donors (Lipinski definition) is 1. The van der Waals surface area contributed by atoms with E-state index in [1.54, 1.807) is 0 Å². The fourth-order valence-corrected chi connectivity index (χ4v) is 4.71. The third-order valence-electron chi connectivity index (χ3n) is 4.58. The van der Waals surface area contributed by atoms with Gasteiger partial charge in [0, 0.05) is 23.9 Å². The summed E-state index contributed by atoms with van der Waals surface area (Å²) in [5.41, 5.74) is 0. The molecule has 17 heavy (non-hydrogen) atoms. The predicted octanol–water partition coefficient (Wildman–Crippen LogP) is 2.59. The van der Waals surface area contributed by atoms with Crippen LogP contribution in [0.4, 0.5) is 0 Å². The summed E-state index contributed by atoms with van der Waals surface area (Å²) in [5.74, 6) is 2.10. The van der Waals surface area contributed by atoms with E-state index in [1.807, 2.05) is 0 Å². The molecule has 1 heterocycles. The highest BCUT2D eigenvalue weighted by Gasteiger charge is 2.33. The zero-order valence-corrected chi connectivity index (χ0v) is 12.4. The molecule has 2 fully saturated rings. The van der Waals surface area contributed by atoms with Gasteiger partial charge in [0.25, 0.3) is 0 Å². The van der Waals surface area contributed by atoms with Crippen molar-refractivity contribution in [2.24, 2.45) is 5.92 Å². The molecular formula is C14H28N2S. The van der Waals surface area contributed by atoms with Crippen molar-refractivity contribution < 1.29 is 0 Å². The maximum atomic E-state index is 3.46. The second-order valence-electron chi connectivity index (χ2n) is 5.70.